The Balaban J connectivity index is 1.54. The molecule has 23 heavy (non-hydrogen) atoms. The van der Waals surface area contributed by atoms with E-state index < -0.39 is 0 Å². The van der Waals surface area contributed by atoms with Gasteiger partial charge in [-0.25, -0.2) is 9.67 Å². The minimum Gasteiger partial charge on any atom is -0.310 e. The van der Waals surface area contributed by atoms with Gasteiger partial charge in [0, 0.05) is 18.0 Å². The monoisotopic (exact) mass is 315 g/mol. The Morgan fingerprint density at radius 3 is 2.52 bits per heavy atom. The lowest BCUT2D eigenvalue weighted by Gasteiger charge is -2.34. The van der Waals surface area contributed by atoms with Crippen molar-refractivity contribution in [3.8, 4) is 0 Å². The average molecular weight is 315 g/mol. The maximum atomic E-state index is 4.58. The van der Waals surface area contributed by atoms with E-state index in [-0.39, 0.29) is 0 Å². The summed E-state index contributed by atoms with van der Waals surface area (Å²) in [5, 5.41) is 13.3. The first-order valence-corrected chi connectivity index (χ1v) is 8.72. The molecule has 0 aromatic carbocycles. The highest BCUT2D eigenvalue weighted by molar-refractivity contribution is 5.09. The molecule has 4 rings (SSSR count). The van der Waals surface area contributed by atoms with Gasteiger partial charge >= 0.3 is 0 Å². The quantitative estimate of drug-likeness (QED) is 0.842. The lowest BCUT2D eigenvalue weighted by atomic mass is 9.95. The molecule has 0 atom stereocenters. The lowest BCUT2D eigenvalue weighted by molar-refractivity contribution is 0.168. The van der Waals surface area contributed by atoms with Crippen LogP contribution >= 0.6 is 0 Å². The zero-order chi connectivity index (χ0) is 15.8. The summed E-state index contributed by atoms with van der Waals surface area (Å²) < 4.78 is 4.23. The molecule has 1 saturated heterocycles. The van der Waals surface area contributed by atoms with Crippen molar-refractivity contribution in [2.24, 2.45) is 0 Å². The van der Waals surface area contributed by atoms with E-state index in [1.165, 1.54) is 31.5 Å². The van der Waals surface area contributed by atoms with E-state index in [2.05, 4.69) is 43.6 Å². The Morgan fingerprint density at radius 2 is 1.91 bits per heavy atom. The minimum atomic E-state index is 0.544. The molecule has 0 radical (unpaired) electrons. The molecular weight excluding hydrogens is 290 g/mol. The Labute approximate surface area is 136 Å². The van der Waals surface area contributed by atoms with Crippen LogP contribution in [0.1, 0.15) is 63.1 Å². The standard InChI is InChI=1S/C16H25N7/c1-12(2)21-7-5-13(6-8-21)16-20-19-15(23(16)14-3-4-14)9-22-11-17-10-18-22/h10-14H,3-9H2,1-2H3. The molecule has 2 aromatic heterocycles. The van der Waals surface area contributed by atoms with Crippen LogP contribution in [0.15, 0.2) is 12.7 Å². The van der Waals surface area contributed by atoms with E-state index in [0.717, 1.165) is 18.9 Å². The Bertz CT molecular complexity index is 633. The molecular formula is C16H25N7. The average Bonchev–Trinajstić information content (AvgIpc) is 3.10. The van der Waals surface area contributed by atoms with Gasteiger partial charge in [-0.1, -0.05) is 0 Å². The smallest absolute Gasteiger partial charge is 0.155 e. The second-order valence-electron chi connectivity index (χ2n) is 7.07. The number of hydrogen-bond donors (Lipinski definition) is 0. The number of nitrogens with zero attached hydrogens (tertiary/aromatic N) is 7. The van der Waals surface area contributed by atoms with Gasteiger partial charge in [0.1, 0.15) is 25.0 Å². The first-order chi connectivity index (χ1) is 11.2. The normalized spacial score (nSPS) is 20.5. The molecule has 1 saturated carbocycles. The zero-order valence-electron chi connectivity index (χ0n) is 14.0. The van der Waals surface area contributed by atoms with Crippen molar-refractivity contribution in [2.45, 2.75) is 64.1 Å². The SMILES string of the molecule is CC(C)N1CCC(c2nnc(Cn3cncn3)n2C2CC2)CC1. The van der Waals surface area contributed by atoms with E-state index in [9.17, 15) is 0 Å². The first kappa shape index (κ1) is 14.8. The van der Waals surface area contributed by atoms with E-state index in [0.29, 0.717) is 24.5 Å². The molecule has 0 N–H and O–H groups in total. The van der Waals surface area contributed by atoms with Gasteiger partial charge < -0.3 is 9.47 Å². The molecule has 0 bridgehead atoms. The molecule has 2 aliphatic rings. The summed E-state index contributed by atoms with van der Waals surface area (Å²) in [6.07, 6.45) is 8.19. The van der Waals surface area contributed by atoms with Crippen molar-refractivity contribution < 1.29 is 0 Å². The third kappa shape index (κ3) is 3.02. The number of piperidine rings is 1. The second kappa shape index (κ2) is 6.03. The Kier molecular flexibility index (Phi) is 3.88. The van der Waals surface area contributed by atoms with Gasteiger partial charge in [0.2, 0.25) is 0 Å². The van der Waals surface area contributed by atoms with Crippen LogP contribution in [0.2, 0.25) is 0 Å². The molecule has 0 amide bonds. The molecule has 0 unspecified atom stereocenters. The predicted molar refractivity (Wildman–Crippen MR) is 86.1 cm³/mol. The van der Waals surface area contributed by atoms with Gasteiger partial charge in [-0.05, 0) is 52.6 Å². The van der Waals surface area contributed by atoms with Gasteiger partial charge in [0.25, 0.3) is 0 Å². The topological polar surface area (TPSA) is 64.7 Å². The molecule has 2 fully saturated rings. The van der Waals surface area contributed by atoms with Gasteiger partial charge in [-0.3, -0.25) is 0 Å². The van der Waals surface area contributed by atoms with Crippen molar-refractivity contribution in [1.29, 1.82) is 0 Å². The highest BCUT2D eigenvalue weighted by atomic mass is 15.4. The predicted octanol–water partition coefficient (Wildman–Crippen LogP) is 1.84. The van der Waals surface area contributed by atoms with E-state index in [1.54, 1.807) is 12.7 Å². The summed E-state index contributed by atoms with van der Waals surface area (Å²) in [4.78, 5) is 6.58. The van der Waals surface area contributed by atoms with Gasteiger partial charge in [-0.15, -0.1) is 10.2 Å². The molecule has 124 valence electrons. The maximum Gasteiger partial charge on any atom is 0.155 e. The molecule has 3 heterocycles. The van der Waals surface area contributed by atoms with Crippen molar-refractivity contribution in [2.75, 3.05) is 13.1 Å². The summed E-state index contributed by atoms with van der Waals surface area (Å²) in [5.74, 6) is 2.77. The summed E-state index contributed by atoms with van der Waals surface area (Å²) >= 11 is 0. The largest absolute Gasteiger partial charge is 0.310 e. The molecule has 0 spiro atoms. The molecule has 1 aliphatic carbocycles. The fourth-order valence-electron chi connectivity index (χ4n) is 3.59. The Hall–Kier alpha value is -1.76. The van der Waals surface area contributed by atoms with Crippen LogP contribution < -0.4 is 0 Å². The van der Waals surface area contributed by atoms with Crippen LogP contribution in [0.25, 0.3) is 0 Å². The minimum absolute atomic E-state index is 0.544. The van der Waals surface area contributed by atoms with Crippen molar-refractivity contribution >= 4 is 0 Å². The number of likely N-dealkylation sites (tertiary alicyclic amines) is 1. The van der Waals surface area contributed by atoms with Crippen LogP contribution in [0, 0.1) is 0 Å². The van der Waals surface area contributed by atoms with Crippen LogP contribution in [0.3, 0.4) is 0 Å². The van der Waals surface area contributed by atoms with Crippen LogP contribution in [0.4, 0.5) is 0 Å². The van der Waals surface area contributed by atoms with E-state index in [4.69, 9.17) is 0 Å². The highest BCUT2D eigenvalue weighted by Gasteiger charge is 2.33. The number of rotatable bonds is 5. The van der Waals surface area contributed by atoms with Crippen molar-refractivity contribution in [3.05, 3.63) is 24.3 Å². The Morgan fingerprint density at radius 1 is 1.13 bits per heavy atom. The third-order valence-corrected chi connectivity index (χ3v) is 5.10. The fraction of sp³-hybridized carbons (Fsp3) is 0.750. The van der Waals surface area contributed by atoms with Gasteiger partial charge in [0.15, 0.2) is 5.82 Å². The first-order valence-electron chi connectivity index (χ1n) is 8.72. The van der Waals surface area contributed by atoms with Gasteiger partial charge in [0.05, 0.1) is 0 Å². The molecule has 1 aliphatic heterocycles. The van der Waals surface area contributed by atoms with E-state index in [1.807, 2.05) is 4.68 Å². The maximum absolute atomic E-state index is 4.58. The zero-order valence-corrected chi connectivity index (χ0v) is 14.0. The van der Waals surface area contributed by atoms with Gasteiger partial charge in [-0.2, -0.15) is 5.10 Å². The van der Waals surface area contributed by atoms with Crippen molar-refractivity contribution in [1.82, 2.24) is 34.4 Å². The highest BCUT2D eigenvalue weighted by Crippen LogP contribution is 2.40. The summed E-state index contributed by atoms with van der Waals surface area (Å²) in [7, 11) is 0. The second-order valence-corrected chi connectivity index (χ2v) is 7.07. The lowest BCUT2D eigenvalue weighted by Crippen LogP contribution is -2.38. The molecule has 7 nitrogen and oxygen atoms in total. The van der Waals surface area contributed by atoms with Crippen LogP contribution in [-0.2, 0) is 6.54 Å². The fourth-order valence-corrected chi connectivity index (χ4v) is 3.59. The molecule has 7 heteroatoms. The van der Waals surface area contributed by atoms with Crippen molar-refractivity contribution in [3.63, 3.8) is 0 Å². The summed E-state index contributed by atoms with van der Waals surface area (Å²) in [6, 6.07) is 1.24. The van der Waals surface area contributed by atoms with Crippen LogP contribution in [-0.4, -0.2) is 53.6 Å². The summed E-state index contributed by atoms with van der Waals surface area (Å²) in [5.41, 5.74) is 0. The molecule has 2 aromatic rings. The summed E-state index contributed by atoms with van der Waals surface area (Å²) in [6.45, 7) is 7.55. The number of hydrogen-bond acceptors (Lipinski definition) is 5. The third-order valence-electron chi connectivity index (χ3n) is 5.10. The van der Waals surface area contributed by atoms with Crippen LogP contribution in [0.5, 0.6) is 0 Å². The van der Waals surface area contributed by atoms with E-state index >= 15 is 0 Å². The number of aromatic nitrogens is 6.